The van der Waals surface area contributed by atoms with Gasteiger partial charge in [0.25, 0.3) is 11.1 Å². The number of aromatic nitrogens is 4. The Morgan fingerprint density at radius 2 is 1.33 bits per heavy atom. The molecule has 208 valence electrons. The molecule has 9 heteroatoms. The summed E-state index contributed by atoms with van der Waals surface area (Å²) in [6, 6.07) is 27.7. The van der Waals surface area contributed by atoms with E-state index in [2.05, 4.69) is 15.5 Å². The highest BCUT2D eigenvalue weighted by Gasteiger charge is 2.16. The summed E-state index contributed by atoms with van der Waals surface area (Å²) in [4.78, 5) is 39.0. The van der Waals surface area contributed by atoms with Gasteiger partial charge in [-0.1, -0.05) is 72.3 Å². The van der Waals surface area contributed by atoms with Crippen LogP contribution in [0.5, 0.6) is 0 Å². The standard InChI is InChI=1S/C33H26ClN5O3/c1-20-11-12-22(31-25-7-3-5-9-27(25)32(41)38(2)36-31)17-23(20)18-35-29(40)19-39-33(42)28-10-6-4-8-26(28)30(37-39)21-13-15-24(34)16-14-21/h3-17H,18-19H2,1-2H3,(H,35,40). The first-order valence-corrected chi connectivity index (χ1v) is 13.8. The van der Waals surface area contributed by atoms with Gasteiger partial charge in [-0.15, -0.1) is 0 Å². The zero-order valence-electron chi connectivity index (χ0n) is 23.0. The fourth-order valence-electron chi connectivity index (χ4n) is 5.07. The fraction of sp³-hybridized carbons (Fsp3) is 0.121. The van der Waals surface area contributed by atoms with Crippen molar-refractivity contribution in [3.8, 4) is 22.5 Å². The highest BCUT2D eigenvalue weighted by atomic mass is 35.5. The van der Waals surface area contributed by atoms with Gasteiger partial charge in [-0.2, -0.15) is 10.2 Å². The van der Waals surface area contributed by atoms with Crippen LogP contribution in [-0.4, -0.2) is 25.5 Å². The van der Waals surface area contributed by atoms with Gasteiger partial charge in [0.2, 0.25) is 5.91 Å². The van der Waals surface area contributed by atoms with E-state index in [-0.39, 0.29) is 30.1 Å². The lowest BCUT2D eigenvalue weighted by molar-refractivity contribution is -0.122. The van der Waals surface area contributed by atoms with Crippen LogP contribution in [0.1, 0.15) is 11.1 Å². The average Bonchev–Trinajstić information content (AvgIpc) is 3.00. The van der Waals surface area contributed by atoms with Crippen LogP contribution in [0.4, 0.5) is 0 Å². The van der Waals surface area contributed by atoms with Gasteiger partial charge in [-0.3, -0.25) is 14.4 Å². The van der Waals surface area contributed by atoms with Crippen LogP contribution in [0.3, 0.4) is 0 Å². The lowest BCUT2D eigenvalue weighted by Crippen LogP contribution is -2.33. The maximum absolute atomic E-state index is 13.3. The minimum absolute atomic E-state index is 0.161. The molecule has 8 nitrogen and oxygen atoms in total. The predicted molar refractivity (Wildman–Crippen MR) is 165 cm³/mol. The molecule has 0 aliphatic carbocycles. The van der Waals surface area contributed by atoms with Crippen molar-refractivity contribution in [2.75, 3.05) is 0 Å². The third kappa shape index (κ3) is 5.08. The smallest absolute Gasteiger partial charge is 0.275 e. The Balaban J connectivity index is 1.28. The third-order valence-corrected chi connectivity index (χ3v) is 7.59. The van der Waals surface area contributed by atoms with Crippen molar-refractivity contribution in [2.45, 2.75) is 20.0 Å². The number of aryl methyl sites for hydroxylation is 2. The maximum atomic E-state index is 13.3. The van der Waals surface area contributed by atoms with Crippen LogP contribution in [0.2, 0.25) is 5.02 Å². The Morgan fingerprint density at radius 3 is 2.00 bits per heavy atom. The summed E-state index contributed by atoms with van der Waals surface area (Å²) in [7, 11) is 1.63. The number of hydrogen-bond acceptors (Lipinski definition) is 5. The Hall–Kier alpha value is -5.08. The van der Waals surface area contributed by atoms with Gasteiger partial charge in [0.15, 0.2) is 0 Å². The van der Waals surface area contributed by atoms with Gasteiger partial charge >= 0.3 is 0 Å². The highest BCUT2D eigenvalue weighted by molar-refractivity contribution is 6.30. The largest absolute Gasteiger partial charge is 0.350 e. The van der Waals surface area contributed by atoms with Crippen molar-refractivity contribution in [3.63, 3.8) is 0 Å². The zero-order chi connectivity index (χ0) is 29.4. The van der Waals surface area contributed by atoms with E-state index in [0.717, 1.165) is 27.6 Å². The molecule has 1 N–H and O–H groups in total. The monoisotopic (exact) mass is 575 g/mol. The molecule has 2 aromatic heterocycles. The molecule has 0 aliphatic rings. The van der Waals surface area contributed by atoms with Gasteiger partial charge < -0.3 is 5.32 Å². The average molecular weight is 576 g/mol. The normalized spacial score (nSPS) is 11.2. The summed E-state index contributed by atoms with van der Waals surface area (Å²) >= 11 is 6.08. The molecule has 0 bridgehead atoms. The first kappa shape index (κ1) is 27.1. The predicted octanol–water partition coefficient (Wildman–Crippen LogP) is 5.26. The lowest BCUT2D eigenvalue weighted by Gasteiger charge is -2.14. The molecule has 42 heavy (non-hydrogen) atoms. The molecule has 0 fully saturated rings. The van der Waals surface area contributed by atoms with Gasteiger partial charge in [-0.25, -0.2) is 9.36 Å². The van der Waals surface area contributed by atoms with E-state index in [4.69, 9.17) is 11.6 Å². The molecule has 0 aliphatic heterocycles. The second-order valence-electron chi connectivity index (χ2n) is 10.1. The minimum Gasteiger partial charge on any atom is -0.350 e. The van der Waals surface area contributed by atoms with Crippen LogP contribution >= 0.6 is 11.6 Å². The Kier molecular flexibility index (Phi) is 7.14. The molecule has 0 saturated heterocycles. The molecule has 2 heterocycles. The van der Waals surface area contributed by atoms with Crippen LogP contribution in [0.15, 0.2) is 101 Å². The number of hydrogen-bond donors (Lipinski definition) is 1. The second kappa shape index (κ2) is 11.1. The summed E-state index contributed by atoms with van der Waals surface area (Å²) in [5.74, 6) is -0.350. The molecule has 0 saturated carbocycles. The lowest BCUT2D eigenvalue weighted by atomic mass is 10.00. The molecule has 4 aromatic carbocycles. The number of nitrogens with zero attached hydrogens (tertiary/aromatic N) is 4. The third-order valence-electron chi connectivity index (χ3n) is 7.33. The molecule has 1 amide bonds. The van der Waals surface area contributed by atoms with Crippen LogP contribution in [0, 0.1) is 6.92 Å². The second-order valence-corrected chi connectivity index (χ2v) is 10.5. The highest BCUT2D eigenvalue weighted by Crippen LogP contribution is 2.27. The Morgan fingerprint density at radius 1 is 0.762 bits per heavy atom. The van der Waals surface area contributed by atoms with E-state index in [1.165, 1.54) is 9.36 Å². The van der Waals surface area contributed by atoms with E-state index >= 15 is 0 Å². The molecule has 0 spiro atoms. The first-order valence-electron chi connectivity index (χ1n) is 13.4. The number of halogens is 1. The van der Waals surface area contributed by atoms with Crippen molar-refractivity contribution in [1.29, 1.82) is 0 Å². The molecule has 6 rings (SSSR count). The fourth-order valence-corrected chi connectivity index (χ4v) is 5.20. The van der Waals surface area contributed by atoms with Crippen molar-refractivity contribution in [1.82, 2.24) is 24.9 Å². The topological polar surface area (TPSA) is 98.9 Å². The van der Waals surface area contributed by atoms with Crippen molar-refractivity contribution in [3.05, 3.63) is 128 Å². The van der Waals surface area contributed by atoms with Gasteiger partial charge in [0.1, 0.15) is 6.54 Å². The summed E-state index contributed by atoms with van der Waals surface area (Å²) in [6.45, 7) is 1.97. The molecule has 0 radical (unpaired) electrons. The van der Waals surface area contributed by atoms with E-state index < -0.39 is 0 Å². The minimum atomic E-state index is -0.350. The molecular formula is C33H26ClN5O3. The maximum Gasteiger partial charge on any atom is 0.275 e. The van der Waals surface area contributed by atoms with Gasteiger partial charge in [-0.05, 0) is 48.4 Å². The Labute approximate surface area is 245 Å². The molecule has 0 unspecified atom stereocenters. The van der Waals surface area contributed by atoms with Crippen molar-refractivity contribution >= 4 is 39.1 Å². The number of benzene rings is 4. The summed E-state index contributed by atoms with van der Waals surface area (Å²) in [5.41, 5.74) is 4.26. The molecule has 6 aromatic rings. The number of carbonyl (C=O) groups is 1. The van der Waals surface area contributed by atoms with E-state index in [1.807, 2.05) is 67.6 Å². The van der Waals surface area contributed by atoms with Crippen LogP contribution in [-0.2, 0) is 24.9 Å². The number of carbonyl (C=O) groups excluding carboxylic acids is 1. The number of rotatable bonds is 6. The first-order chi connectivity index (χ1) is 20.3. The Bertz CT molecular complexity index is 2120. The summed E-state index contributed by atoms with van der Waals surface area (Å²) in [5, 5.41) is 15.2. The van der Waals surface area contributed by atoms with Crippen molar-refractivity contribution < 1.29 is 4.79 Å². The number of fused-ring (bicyclic) bond motifs is 2. The van der Waals surface area contributed by atoms with E-state index in [0.29, 0.717) is 32.6 Å². The van der Waals surface area contributed by atoms with E-state index in [9.17, 15) is 14.4 Å². The van der Waals surface area contributed by atoms with Crippen molar-refractivity contribution in [2.24, 2.45) is 7.05 Å². The summed E-state index contributed by atoms with van der Waals surface area (Å²) in [6.07, 6.45) is 0. The zero-order valence-corrected chi connectivity index (χ0v) is 23.7. The van der Waals surface area contributed by atoms with Crippen LogP contribution in [0.25, 0.3) is 44.1 Å². The molecular weight excluding hydrogens is 550 g/mol. The van der Waals surface area contributed by atoms with Crippen LogP contribution < -0.4 is 16.4 Å². The molecule has 0 atom stereocenters. The van der Waals surface area contributed by atoms with E-state index in [1.54, 1.807) is 37.4 Å². The van der Waals surface area contributed by atoms with Gasteiger partial charge in [0.05, 0.1) is 22.2 Å². The quantitative estimate of drug-likeness (QED) is 0.292. The summed E-state index contributed by atoms with van der Waals surface area (Å²) < 4.78 is 2.54. The van der Waals surface area contributed by atoms with Gasteiger partial charge in [0, 0.05) is 40.5 Å². The number of nitrogens with one attached hydrogen (secondary N) is 1. The SMILES string of the molecule is Cc1ccc(-c2nn(C)c(=O)c3ccccc23)cc1CNC(=O)Cn1nc(-c2ccc(Cl)cc2)c2ccccc2c1=O. The number of amides is 1.